The normalized spacial score (nSPS) is 17.2. The Morgan fingerprint density at radius 3 is 2.21 bits per heavy atom. The van der Waals surface area contributed by atoms with Crippen LogP contribution in [0.4, 0.5) is 0 Å². The number of nitrogens with zero attached hydrogens (tertiary/aromatic N) is 2. The molecule has 0 aromatic carbocycles. The Balaban J connectivity index is 0.00000162. The Kier molecular flexibility index (Phi) is 9.33. The molecule has 1 aromatic rings. The van der Waals surface area contributed by atoms with E-state index in [9.17, 15) is 0 Å². The van der Waals surface area contributed by atoms with E-state index in [1.807, 2.05) is 0 Å². The molecule has 1 aromatic heterocycles. The summed E-state index contributed by atoms with van der Waals surface area (Å²) in [7, 11) is 0. The molecule has 0 unspecified atom stereocenters. The van der Waals surface area contributed by atoms with Gasteiger partial charge in [-0.15, -0.1) is 24.8 Å². The molecule has 1 fully saturated rings. The van der Waals surface area contributed by atoms with Crippen LogP contribution in [0.25, 0.3) is 0 Å². The first kappa shape index (κ1) is 19.2. The van der Waals surface area contributed by atoms with Crippen LogP contribution in [0.2, 0.25) is 10.0 Å². The first-order valence-electron chi connectivity index (χ1n) is 5.97. The predicted octanol–water partition coefficient (Wildman–Crippen LogP) is 3.59. The number of hydrogen-bond donors (Lipinski definition) is 1. The number of halogens is 4. The molecule has 1 N–H and O–H groups in total. The van der Waals surface area contributed by atoms with Crippen molar-refractivity contribution < 1.29 is 0 Å². The van der Waals surface area contributed by atoms with Crippen molar-refractivity contribution in [2.24, 2.45) is 0 Å². The van der Waals surface area contributed by atoms with Crippen molar-refractivity contribution >= 4 is 48.0 Å². The minimum atomic E-state index is 0. The third kappa shape index (κ3) is 4.62. The van der Waals surface area contributed by atoms with E-state index in [1.54, 1.807) is 12.4 Å². The molecule has 0 saturated carbocycles. The summed E-state index contributed by atoms with van der Waals surface area (Å²) in [6.45, 7) is 6.29. The summed E-state index contributed by atoms with van der Waals surface area (Å²) in [5.41, 5.74) is 1.02. The maximum Gasteiger partial charge on any atom is 0.0652 e. The van der Waals surface area contributed by atoms with Gasteiger partial charge in [-0.1, -0.05) is 30.1 Å². The van der Waals surface area contributed by atoms with Crippen molar-refractivity contribution in [1.29, 1.82) is 0 Å². The summed E-state index contributed by atoms with van der Waals surface area (Å²) in [5, 5.41) is 4.69. The van der Waals surface area contributed by atoms with Gasteiger partial charge in [0.15, 0.2) is 0 Å². The van der Waals surface area contributed by atoms with Crippen LogP contribution in [-0.4, -0.2) is 36.1 Å². The third-order valence-corrected chi connectivity index (χ3v) is 3.81. The molecule has 1 atom stereocenters. The molecule has 0 radical (unpaired) electrons. The lowest BCUT2D eigenvalue weighted by atomic mass is 10.0. The van der Waals surface area contributed by atoms with Crippen molar-refractivity contribution in [3.63, 3.8) is 0 Å². The van der Waals surface area contributed by atoms with Gasteiger partial charge in [-0.3, -0.25) is 9.88 Å². The van der Waals surface area contributed by atoms with Gasteiger partial charge >= 0.3 is 0 Å². The maximum absolute atomic E-state index is 6.23. The number of rotatable bonds is 3. The number of hydrogen-bond acceptors (Lipinski definition) is 3. The summed E-state index contributed by atoms with van der Waals surface area (Å²) in [6.07, 6.45) is 4.35. The number of piperazine rings is 1. The van der Waals surface area contributed by atoms with Crippen LogP contribution in [0.5, 0.6) is 0 Å². The van der Waals surface area contributed by atoms with Gasteiger partial charge < -0.3 is 5.32 Å². The predicted molar refractivity (Wildman–Crippen MR) is 86.2 cm³/mol. The van der Waals surface area contributed by atoms with Gasteiger partial charge in [0.1, 0.15) is 0 Å². The lowest BCUT2D eigenvalue weighted by Gasteiger charge is -2.35. The van der Waals surface area contributed by atoms with Crippen LogP contribution < -0.4 is 5.32 Å². The highest BCUT2D eigenvalue weighted by atomic mass is 35.5. The monoisotopic (exact) mass is 345 g/mol. The van der Waals surface area contributed by atoms with Crippen LogP contribution in [0.15, 0.2) is 12.4 Å². The molecule has 0 bridgehead atoms. The van der Waals surface area contributed by atoms with Crippen molar-refractivity contribution in [3.05, 3.63) is 28.0 Å². The fraction of sp³-hybridized carbons (Fsp3) is 0.583. The van der Waals surface area contributed by atoms with E-state index in [0.717, 1.165) is 38.2 Å². The van der Waals surface area contributed by atoms with Crippen molar-refractivity contribution in [2.75, 3.05) is 26.2 Å². The second-order valence-corrected chi connectivity index (χ2v) is 5.04. The van der Waals surface area contributed by atoms with Gasteiger partial charge in [-0.25, -0.2) is 0 Å². The molecule has 19 heavy (non-hydrogen) atoms. The summed E-state index contributed by atoms with van der Waals surface area (Å²) in [5.74, 6) is 0. The fourth-order valence-electron chi connectivity index (χ4n) is 2.38. The van der Waals surface area contributed by atoms with Gasteiger partial charge in [-0.2, -0.15) is 0 Å². The van der Waals surface area contributed by atoms with E-state index in [2.05, 4.69) is 22.1 Å². The number of pyridine rings is 1. The molecule has 2 rings (SSSR count). The molecule has 7 heteroatoms. The standard InChI is InChI=1S/C12H17Cl2N3.2ClH/c1-2-11(17-5-3-15-4-6-17)12-9(13)7-16-8-10(12)14;;/h7-8,11,15H,2-6H2,1H3;2*1H/t11-;;/m0../s1. The Labute approximate surface area is 136 Å². The van der Waals surface area contributed by atoms with Gasteiger partial charge in [0.2, 0.25) is 0 Å². The van der Waals surface area contributed by atoms with Gasteiger partial charge in [0.05, 0.1) is 10.0 Å². The molecule has 1 aliphatic heterocycles. The van der Waals surface area contributed by atoms with E-state index in [1.165, 1.54) is 0 Å². The summed E-state index contributed by atoms with van der Waals surface area (Å²) < 4.78 is 0. The summed E-state index contributed by atoms with van der Waals surface area (Å²) in [6, 6.07) is 0.292. The molecule has 1 aliphatic rings. The average molecular weight is 347 g/mol. The second kappa shape index (κ2) is 9.22. The zero-order chi connectivity index (χ0) is 12.3. The molecule has 2 heterocycles. The van der Waals surface area contributed by atoms with Crippen LogP contribution in [0.1, 0.15) is 24.9 Å². The first-order valence-corrected chi connectivity index (χ1v) is 6.73. The topological polar surface area (TPSA) is 28.2 Å². The van der Waals surface area contributed by atoms with Crippen molar-refractivity contribution in [2.45, 2.75) is 19.4 Å². The molecular formula is C12H19Cl4N3. The minimum absolute atomic E-state index is 0. The zero-order valence-electron chi connectivity index (χ0n) is 10.7. The maximum atomic E-state index is 6.23. The highest BCUT2D eigenvalue weighted by Crippen LogP contribution is 2.34. The minimum Gasteiger partial charge on any atom is -0.314 e. The molecule has 0 spiro atoms. The first-order chi connectivity index (χ1) is 8.24. The van der Waals surface area contributed by atoms with Gasteiger partial charge in [0, 0.05) is 50.2 Å². The molecule has 3 nitrogen and oxygen atoms in total. The molecule has 110 valence electrons. The third-order valence-electron chi connectivity index (χ3n) is 3.20. The van der Waals surface area contributed by atoms with Crippen molar-refractivity contribution in [1.82, 2.24) is 15.2 Å². The number of aromatic nitrogens is 1. The largest absolute Gasteiger partial charge is 0.314 e. The Morgan fingerprint density at radius 2 is 1.74 bits per heavy atom. The molecule has 1 saturated heterocycles. The molecule has 0 aliphatic carbocycles. The Bertz CT molecular complexity index is 363. The van der Waals surface area contributed by atoms with E-state index < -0.39 is 0 Å². The van der Waals surface area contributed by atoms with Crippen LogP contribution in [0, 0.1) is 0 Å². The van der Waals surface area contributed by atoms with Crippen LogP contribution >= 0.6 is 48.0 Å². The SMILES string of the molecule is CC[C@@H](c1c(Cl)cncc1Cl)N1CCNCC1.Cl.Cl. The highest BCUT2D eigenvalue weighted by molar-refractivity contribution is 6.35. The zero-order valence-corrected chi connectivity index (χ0v) is 13.9. The summed E-state index contributed by atoms with van der Waals surface area (Å²) in [4.78, 5) is 6.45. The van der Waals surface area contributed by atoms with Crippen molar-refractivity contribution in [3.8, 4) is 0 Å². The summed E-state index contributed by atoms with van der Waals surface area (Å²) >= 11 is 12.5. The van der Waals surface area contributed by atoms with E-state index in [-0.39, 0.29) is 24.8 Å². The smallest absolute Gasteiger partial charge is 0.0652 e. The lowest BCUT2D eigenvalue weighted by Crippen LogP contribution is -2.45. The fourth-order valence-corrected chi connectivity index (χ4v) is 2.99. The van der Waals surface area contributed by atoms with Crippen LogP contribution in [0.3, 0.4) is 0 Å². The Hall–Kier alpha value is 0.230. The molecule has 0 amide bonds. The Morgan fingerprint density at radius 1 is 1.21 bits per heavy atom. The van der Waals surface area contributed by atoms with Gasteiger partial charge in [-0.05, 0) is 6.42 Å². The lowest BCUT2D eigenvalue weighted by molar-refractivity contribution is 0.169. The quantitative estimate of drug-likeness (QED) is 0.906. The van der Waals surface area contributed by atoms with E-state index in [4.69, 9.17) is 23.2 Å². The van der Waals surface area contributed by atoms with Gasteiger partial charge in [0.25, 0.3) is 0 Å². The van der Waals surface area contributed by atoms with E-state index in [0.29, 0.717) is 16.1 Å². The van der Waals surface area contributed by atoms with Crippen LogP contribution in [-0.2, 0) is 0 Å². The number of nitrogens with one attached hydrogen (secondary N) is 1. The molecular weight excluding hydrogens is 328 g/mol. The highest BCUT2D eigenvalue weighted by Gasteiger charge is 2.24. The average Bonchev–Trinajstić information content (AvgIpc) is 2.35. The second-order valence-electron chi connectivity index (χ2n) is 4.23. The van der Waals surface area contributed by atoms with E-state index >= 15 is 0 Å².